The van der Waals surface area contributed by atoms with Crippen LogP contribution in [-0.4, -0.2) is 22.4 Å². The maximum Gasteiger partial charge on any atom is 0.0685 e. The number of hydrogen-bond acceptors (Lipinski definition) is 4. The van der Waals surface area contributed by atoms with Crippen molar-refractivity contribution in [2.24, 2.45) is 10.8 Å². The molecule has 156 valence electrons. The average molecular weight is 379 g/mol. The van der Waals surface area contributed by atoms with Crippen LogP contribution in [0.5, 0.6) is 0 Å². The molecule has 4 nitrogen and oxygen atoms in total. The Morgan fingerprint density at radius 2 is 0.704 bits per heavy atom. The molecule has 4 heteroatoms. The van der Waals surface area contributed by atoms with E-state index in [4.69, 9.17) is 9.47 Å². The molecular weight excluding hydrogens is 336 g/mol. The Hall–Kier alpha value is -1.10. The van der Waals surface area contributed by atoms with E-state index in [0.717, 1.165) is 0 Å². The summed E-state index contributed by atoms with van der Waals surface area (Å²) in [7, 11) is 0. The van der Waals surface area contributed by atoms with Gasteiger partial charge < -0.3 is 9.47 Å². The molecule has 0 aromatic rings. The van der Waals surface area contributed by atoms with Gasteiger partial charge in [-0.05, 0) is 95.9 Å². The second kappa shape index (κ2) is 8.10. The lowest BCUT2D eigenvalue weighted by Gasteiger charge is -2.45. The molecule has 0 bridgehead atoms. The van der Waals surface area contributed by atoms with Crippen molar-refractivity contribution >= 4 is 0 Å². The van der Waals surface area contributed by atoms with Gasteiger partial charge in [-0.15, -0.1) is 0 Å². The molecule has 0 spiro atoms. The monoisotopic (exact) mass is 378 g/mol. The largest absolute Gasteiger partial charge is 0.370 e. The van der Waals surface area contributed by atoms with Crippen LogP contribution in [-0.2, 0) is 9.47 Å². The zero-order valence-electron chi connectivity index (χ0n) is 19.8. The third kappa shape index (κ3) is 10.7. The van der Waals surface area contributed by atoms with E-state index in [-0.39, 0.29) is 0 Å². The van der Waals surface area contributed by atoms with E-state index < -0.39 is 33.2 Å². The van der Waals surface area contributed by atoms with Crippen LogP contribution in [0.4, 0.5) is 0 Å². The summed E-state index contributed by atoms with van der Waals surface area (Å²) < 4.78 is 12.9. The first kappa shape index (κ1) is 25.9. The molecule has 0 aromatic heterocycles. The first-order valence-electron chi connectivity index (χ1n) is 9.89. The topological polar surface area (TPSA) is 66.0 Å². The van der Waals surface area contributed by atoms with Crippen molar-refractivity contribution in [3.8, 4) is 12.1 Å². The number of nitrogens with zero attached hydrogens (tertiary/aromatic N) is 2. The van der Waals surface area contributed by atoms with Crippen molar-refractivity contribution in [1.82, 2.24) is 0 Å². The molecule has 0 rings (SSSR count). The SMILES string of the molecule is CC(C)(C#N)CC(C)(C)OC(C)(C)CC(C)(C)OC(C)(C)CC(C)(C)C#N. The second-order valence-corrected chi connectivity index (χ2v) is 11.8. The van der Waals surface area contributed by atoms with E-state index in [1.54, 1.807) is 0 Å². The van der Waals surface area contributed by atoms with Crippen LogP contribution < -0.4 is 0 Å². The highest BCUT2D eigenvalue weighted by molar-refractivity contribution is 4.98. The van der Waals surface area contributed by atoms with Crippen LogP contribution in [0.15, 0.2) is 0 Å². The third-order valence-corrected chi connectivity index (χ3v) is 4.30. The van der Waals surface area contributed by atoms with E-state index in [9.17, 15) is 10.5 Å². The molecule has 0 fully saturated rings. The van der Waals surface area contributed by atoms with Crippen LogP contribution in [0.1, 0.15) is 102 Å². The Labute approximate surface area is 168 Å². The summed E-state index contributed by atoms with van der Waals surface area (Å²) >= 11 is 0. The van der Waals surface area contributed by atoms with Crippen molar-refractivity contribution < 1.29 is 9.47 Å². The zero-order valence-corrected chi connectivity index (χ0v) is 19.8. The summed E-state index contributed by atoms with van der Waals surface area (Å²) in [6.45, 7) is 24.2. The van der Waals surface area contributed by atoms with E-state index in [1.807, 2.05) is 55.4 Å². The van der Waals surface area contributed by atoms with Crippen LogP contribution in [0, 0.1) is 33.5 Å². The van der Waals surface area contributed by atoms with Gasteiger partial charge in [-0.25, -0.2) is 0 Å². The Bertz CT molecular complexity index is 532. The van der Waals surface area contributed by atoms with Gasteiger partial charge in [-0.3, -0.25) is 0 Å². The van der Waals surface area contributed by atoms with Crippen molar-refractivity contribution in [2.75, 3.05) is 0 Å². The van der Waals surface area contributed by atoms with Gasteiger partial charge in [0.05, 0.1) is 45.4 Å². The average Bonchev–Trinajstić information content (AvgIpc) is 2.30. The smallest absolute Gasteiger partial charge is 0.0685 e. The highest BCUT2D eigenvalue weighted by atomic mass is 16.5. The molecule has 0 amide bonds. The van der Waals surface area contributed by atoms with Gasteiger partial charge in [-0.2, -0.15) is 10.5 Å². The van der Waals surface area contributed by atoms with Crippen LogP contribution in [0.3, 0.4) is 0 Å². The van der Waals surface area contributed by atoms with Crippen LogP contribution in [0.25, 0.3) is 0 Å². The minimum absolute atomic E-state index is 0.417. The Morgan fingerprint density at radius 3 is 0.926 bits per heavy atom. The lowest BCUT2D eigenvalue weighted by atomic mass is 9.81. The van der Waals surface area contributed by atoms with E-state index in [2.05, 4.69) is 39.8 Å². The van der Waals surface area contributed by atoms with Gasteiger partial charge in [0.1, 0.15) is 0 Å². The van der Waals surface area contributed by atoms with E-state index >= 15 is 0 Å². The van der Waals surface area contributed by atoms with Gasteiger partial charge in [0.2, 0.25) is 0 Å². The summed E-state index contributed by atoms with van der Waals surface area (Å²) in [5, 5.41) is 18.7. The number of hydrogen-bond donors (Lipinski definition) is 0. The molecule has 27 heavy (non-hydrogen) atoms. The zero-order chi connectivity index (χ0) is 21.9. The molecule has 0 aliphatic rings. The molecule has 0 unspecified atom stereocenters. The minimum Gasteiger partial charge on any atom is -0.370 e. The quantitative estimate of drug-likeness (QED) is 0.441. The summed E-state index contributed by atoms with van der Waals surface area (Å²) in [6, 6.07) is 4.72. The first-order valence-corrected chi connectivity index (χ1v) is 9.89. The maximum atomic E-state index is 9.33. The Balaban J connectivity index is 5.15. The van der Waals surface area contributed by atoms with Gasteiger partial charge in [-0.1, -0.05) is 0 Å². The predicted molar refractivity (Wildman–Crippen MR) is 111 cm³/mol. The van der Waals surface area contributed by atoms with E-state index in [0.29, 0.717) is 19.3 Å². The molecular formula is C23H42N2O2. The lowest BCUT2D eigenvalue weighted by Crippen LogP contribution is -2.47. The first-order chi connectivity index (χ1) is 11.7. The van der Waals surface area contributed by atoms with Gasteiger partial charge in [0.15, 0.2) is 0 Å². The lowest BCUT2D eigenvalue weighted by molar-refractivity contribution is -0.192. The molecule has 0 atom stereocenters. The molecule has 0 radical (unpaired) electrons. The predicted octanol–water partition coefficient (Wildman–Crippen LogP) is 6.40. The standard InChI is InChI=1S/C23H42N2O2/c1-18(2,16-24)13-20(5,6)26-22(9,10)15-23(11,12)27-21(7,8)14-19(3,4)17-25/h13-15H2,1-12H3. The summed E-state index contributed by atoms with van der Waals surface area (Å²) in [5.41, 5.74) is -2.54. The fourth-order valence-electron chi connectivity index (χ4n) is 4.87. The molecule has 0 N–H and O–H groups in total. The summed E-state index contributed by atoms with van der Waals surface area (Å²) in [4.78, 5) is 0. The molecule has 0 saturated heterocycles. The normalized spacial score (nSPS) is 14.6. The minimum atomic E-state index is -0.434. The molecule has 0 aliphatic heterocycles. The van der Waals surface area contributed by atoms with Gasteiger partial charge >= 0.3 is 0 Å². The third-order valence-electron chi connectivity index (χ3n) is 4.30. The Kier molecular flexibility index (Phi) is 7.77. The van der Waals surface area contributed by atoms with E-state index in [1.165, 1.54) is 0 Å². The van der Waals surface area contributed by atoms with Crippen LogP contribution >= 0.6 is 0 Å². The maximum absolute atomic E-state index is 9.33. The fourth-order valence-corrected chi connectivity index (χ4v) is 4.87. The second-order valence-electron chi connectivity index (χ2n) is 11.8. The summed E-state index contributed by atoms with van der Waals surface area (Å²) in [5.74, 6) is 0. The molecule has 0 aromatic carbocycles. The molecule has 0 saturated carbocycles. The Morgan fingerprint density at radius 1 is 0.481 bits per heavy atom. The van der Waals surface area contributed by atoms with Gasteiger partial charge in [0.25, 0.3) is 0 Å². The van der Waals surface area contributed by atoms with Crippen molar-refractivity contribution in [2.45, 2.75) is 125 Å². The van der Waals surface area contributed by atoms with Crippen molar-refractivity contribution in [3.63, 3.8) is 0 Å². The fraction of sp³-hybridized carbons (Fsp3) is 0.913. The van der Waals surface area contributed by atoms with Crippen molar-refractivity contribution in [3.05, 3.63) is 0 Å². The molecule has 0 aliphatic carbocycles. The van der Waals surface area contributed by atoms with Gasteiger partial charge in [0, 0.05) is 6.42 Å². The van der Waals surface area contributed by atoms with Crippen LogP contribution in [0.2, 0.25) is 0 Å². The highest BCUT2D eigenvalue weighted by Gasteiger charge is 2.41. The summed E-state index contributed by atoms with van der Waals surface area (Å²) in [6.07, 6.45) is 2.01. The highest BCUT2D eigenvalue weighted by Crippen LogP contribution is 2.39. The molecule has 0 heterocycles. The number of nitriles is 2. The van der Waals surface area contributed by atoms with Crippen molar-refractivity contribution in [1.29, 1.82) is 10.5 Å². The number of rotatable bonds is 10. The number of ether oxygens (including phenoxy) is 2.